The number of benzene rings is 5. The molecule has 1 saturated heterocycles. The zero-order valence-electron chi connectivity index (χ0n) is 38.8. The first-order chi connectivity index (χ1) is 31.4. The minimum atomic E-state index is -3.32. The van der Waals surface area contributed by atoms with Crippen LogP contribution in [-0.2, 0) is 25.4 Å². The molecule has 0 aromatic heterocycles. The van der Waals surface area contributed by atoms with E-state index in [2.05, 4.69) is 41.5 Å². The number of nitro benzene ring substituents is 1. The standard InChI is InChI=1S/C52H63N2O8PSi2/c1-8-64(9-2,10-3)61-39(7)49-47(37-48(55)41-31-35-43(36-32-41)62-65(11-4,12-5)13-6)53(50(49)56)51(52(57)60-38-40-29-33-42(34-30-40)54(58)59)63(44-23-17-14-18-24-44,45-25-19-15-20-26-45)46-27-21-16-22-28-46/h14-36,39,47,49H,8-13,37-38H2,1-7H3/t39-,47-,49-/m1/s1. The van der Waals surface area contributed by atoms with Crippen molar-refractivity contribution in [2.24, 2.45) is 5.92 Å². The molecule has 1 amide bonds. The molecular formula is C52H63N2O8PSi2. The van der Waals surface area contributed by atoms with Gasteiger partial charge >= 0.3 is 5.97 Å². The van der Waals surface area contributed by atoms with Gasteiger partial charge in [0.25, 0.3) is 5.69 Å². The van der Waals surface area contributed by atoms with Gasteiger partial charge in [-0.1, -0.05) is 133 Å². The first-order valence-corrected chi connectivity index (χ1v) is 29.9. The van der Waals surface area contributed by atoms with Gasteiger partial charge in [-0.25, -0.2) is 4.79 Å². The smallest absolute Gasteiger partial charge is 0.356 e. The molecule has 0 radical (unpaired) electrons. The molecule has 1 aliphatic rings. The maximum absolute atomic E-state index is 15.6. The number of carbonyl (C=O) groups excluding carboxylic acids is 3. The van der Waals surface area contributed by atoms with Gasteiger partial charge in [-0.05, 0) is 101 Å². The monoisotopic (exact) mass is 930 g/mol. The van der Waals surface area contributed by atoms with E-state index in [4.69, 9.17) is 13.6 Å². The van der Waals surface area contributed by atoms with E-state index < -0.39 is 52.5 Å². The highest BCUT2D eigenvalue weighted by atomic mass is 31.2. The zero-order valence-corrected chi connectivity index (χ0v) is 41.7. The van der Waals surface area contributed by atoms with Gasteiger partial charge < -0.3 is 18.5 Å². The number of nitro groups is 1. The lowest BCUT2D eigenvalue weighted by atomic mass is 9.79. The summed E-state index contributed by atoms with van der Waals surface area (Å²) < 4.78 is 19.9. The van der Waals surface area contributed by atoms with Crippen molar-refractivity contribution in [1.82, 2.24) is 4.90 Å². The Bertz CT molecular complexity index is 2340. The molecule has 5 aromatic carbocycles. The summed E-state index contributed by atoms with van der Waals surface area (Å²) in [5, 5.41) is 13.9. The van der Waals surface area contributed by atoms with Gasteiger partial charge in [-0.2, -0.15) is 0 Å². The molecule has 0 saturated carbocycles. The van der Waals surface area contributed by atoms with Crippen LogP contribution in [0.15, 0.2) is 140 Å². The highest BCUT2D eigenvalue weighted by Gasteiger charge is 2.57. The number of likely N-dealkylation sites (tertiary alicyclic amines) is 1. The quantitative estimate of drug-likeness (QED) is 0.0128. The predicted octanol–water partition coefficient (Wildman–Crippen LogP) is 10.7. The summed E-state index contributed by atoms with van der Waals surface area (Å²) in [5.74, 6) is -1.19. The topological polar surface area (TPSA) is 125 Å². The Balaban J connectivity index is 1.57. The Hall–Kier alpha value is -5.40. The second kappa shape index (κ2) is 21.7. The Labute approximate surface area is 386 Å². The lowest BCUT2D eigenvalue weighted by molar-refractivity contribution is -0.384. The Morgan fingerprint density at radius 3 is 1.57 bits per heavy atom. The third-order valence-electron chi connectivity index (χ3n) is 13.7. The highest BCUT2D eigenvalue weighted by Crippen LogP contribution is 2.50. The van der Waals surface area contributed by atoms with Gasteiger partial charge in [-0.15, -0.1) is 0 Å². The van der Waals surface area contributed by atoms with E-state index in [0.717, 1.165) is 57.9 Å². The second-order valence-electron chi connectivity index (χ2n) is 16.9. The molecule has 3 atom stereocenters. The number of amides is 1. The summed E-state index contributed by atoms with van der Waals surface area (Å²) in [6, 6.07) is 47.3. The molecule has 10 nitrogen and oxygen atoms in total. The molecule has 6 rings (SSSR count). The van der Waals surface area contributed by atoms with Crippen molar-refractivity contribution in [2.75, 3.05) is 0 Å². The average Bonchev–Trinajstić information content (AvgIpc) is 3.35. The number of ketones is 1. The molecule has 1 aliphatic heterocycles. The summed E-state index contributed by atoms with van der Waals surface area (Å²) in [5.41, 5.74) is 1.09. The van der Waals surface area contributed by atoms with Crippen LogP contribution in [0.2, 0.25) is 36.3 Å². The molecule has 1 fully saturated rings. The number of nitrogens with zero attached hydrogens (tertiary/aromatic N) is 2. The number of β-lactam (4-membered cyclic amide) rings is 1. The van der Waals surface area contributed by atoms with Crippen LogP contribution in [0.25, 0.3) is 0 Å². The number of hydrogen-bond acceptors (Lipinski definition) is 8. The van der Waals surface area contributed by atoms with E-state index in [-0.39, 0.29) is 35.8 Å². The van der Waals surface area contributed by atoms with Crippen molar-refractivity contribution in [3.8, 4) is 5.75 Å². The average molecular weight is 931 g/mol. The summed E-state index contributed by atoms with van der Waals surface area (Å²) in [4.78, 5) is 58.4. The predicted molar refractivity (Wildman–Crippen MR) is 268 cm³/mol. The van der Waals surface area contributed by atoms with Crippen LogP contribution in [0, 0.1) is 16.0 Å². The molecule has 1 heterocycles. The molecule has 5 aromatic rings. The fraction of sp³-hybridized carbons (Fsp3) is 0.346. The largest absolute Gasteiger partial charge is 0.544 e. The van der Waals surface area contributed by atoms with Crippen molar-refractivity contribution >= 4 is 68.2 Å². The van der Waals surface area contributed by atoms with E-state index in [1.54, 1.807) is 29.2 Å². The Kier molecular flexibility index (Phi) is 16.4. The van der Waals surface area contributed by atoms with E-state index in [0.29, 0.717) is 11.1 Å². The first kappa shape index (κ1) is 49.0. The summed E-state index contributed by atoms with van der Waals surface area (Å²) >= 11 is 0. The molecule has 13 heteroatoms. The molecule has 0 spiro atoms. The third-order valence-corrected chi connectivity index (χ3v) is 27.2. The lowest BCUT2D eigenvalue weighted by Gasteiger charge is -2.52. The number of non-ortho nitro benzene ring substituents is 1. The summed E-state index contributed by atoms with van der Waals surface area (Å²) in [7, 11) is -4.22. The van der Waals surface area contributed by atoms with Gasteiger partial charge in [-0.3, -0.25) is 19.7 Å². The van der Waals surface area contributed by atoms with E-state index >= 15 is 9.59 Å². The lowest BCUT2D eigenvalue weighted by Crippen LogP contribution is -2.69. The van der Waals surface area contributed by atoms with Crippen LogP contribution in [0.3, 0.4) is 0 Å². The number of ether oxygens (including phenoxy) is 1. The number of rotatable bonds is 22. The van der Waals surface area contributed by atoms with Gasteiger partial charge in [0.1, 0.15) is 17.8 Å². The molecular weight excluding hydrogens is 868 g/mol. The molecule has 0 unspecified atom stereocenters. The number of Topliss-reactive ketones (excluding diaryl/α,β-unsaturated/α-hetero) is 1. The van der Waals surface area contributed by atoms with E-state index in [1.165, 1.54) is 12.1 Å². The van der Waals surface area contributed by atoms with Gasteiger partial charge in [0.2, 0.25) is 14.2 Å². The van der Waals surface area contributed by atoms with Gasteiger partial charge in [0.15, 0.2) is 14.1 Å². The molecule has 0 N–H and O–H groups in total. The Morgan fingerprint density at radius 2 is 1.14 bits per heavy atom. The highest BCUT2D eigenvalue weighted by molar-refractivity contribution is 7.96. The van der Waals surface area contributed by atoms with Crippen molar-refractivity contribution in [3.63, 3.8) is 0 Å². The second-order valence-corrected chi connectivity index (χ2v) is 29.6. The van der Waals surface area contributed by atoms with Crippen molar-refractivity contribution in [3.05, 3.63) is 161 Å². The minimum absolute atomic E-state index is 0.0711. The molecule has 65 heavy (non-hydrogen) atoms. The van der Waals surface area contributed by atoms with Crippen LogP contribution in [0.4, 0.5) is 5.69 Å². The summed E-state index contributed by atoms with van der Waals surface area (Å²) in [6.07, 6.45) is -0.609. The normalized spacial score (nSPS) is 15.7. The zero-order chi connectivity index (χ0) is 46.8. The van der Waals surface area contributed by atoms with Crippen LogP contribution in [-0.4, -0.2) is 61.7 Å². The SMILES string of the molecule is CC[Si](CC)(CC)Oc1ccc(C(=O)C[C@@H]2[C@@H]([C@@H](C)O[Si](CC)(CC)CC)C(=O)N2C(C(=O)OCc2ccc([N+](=O)[O-])cc2)=P(c2ccccc2)(c2ccccc2)c2ccccc2)cc1. The van der Waals surface area contributed by atoms with E-state index in [1.807, 2.05) is 110 Å². The van der Waals surface area contributed by atoms with Gasteiger partial charge in [0, 0.05) is 31.0 Å². The van der Waals surface area contributed by atoms with Crippen LogP contribution >= 0.6 is 6.89 Å². The molecule has 0 aliphatic carbocycles. The maximum atomic E-state index is 15.6. The number of esters is 1. The van der Waals surface area contributed by atoms with Crippen molar-refractivity contribution in [1.29, 1.82) is 0 Å². The third kappa shape index (κ3) is 10.2. The van der Waals surface area contributed by atoms with Crippen LogP contribution < -0.4 is 20.3 Å². The minimum Gasteiger partial charge on any atom is -0.544 e. The van der Waals surface area contributed by atoms with Gasteiger partial charge in [0.05, 0.1) is 23.0 Å². The molecule has 342 valence electrons. The van der Waals surface area contributed by atoms with E-state index in [9.17, 15) is 14.9 Å². The van der Waals surface area contributed by atoms with Crippen molar-refractivity contribution < 1.29 is 32.9 Å². The van der Waals surface area contributed by atoms with Crippen LogP contribution in [0.5, 0.6) is 5.75 Å². The number of carbonyl (C=O) groups is 3. The van der Waals surface area contributed by atoms with Crippen LogP contribution in [0.1, 0.15) is 70.8 Å². The number of hydrogen-bond donors (Lipinski definition) is 0. The Morgan fingerprint density at radius 1 is 0.677 bits per heavy atom. The summed E-state index contributed by atoms with van der Waals surface area (Å²) in [6.45, 7) is 11.4. The fourth-order valence-corrected chi connectivity index (χ4v) is 19.3. The first-order valence-electron chi connectivity index (χ1n) is 23.0. The van der Waals surface area contributed by atoms with Crippen molar-refractivity contribution in [2.45, 2.75) is 110 Å². The maximum Gasteiger partial charge on any atom is 0.356 e. The molecule has 0 bridgehead atoms. The fourth-order valence-electron chi connectivity index (χ4n) is 9.35.